The molecule has 0 aliphatic carbocycles. The van der Waals surface area contributed by atoms with Crippen molar-refractivity contribution in [2.75, 3.05) is 33.8 Å². The second-order valence-corrected chi connectivity index (χ2v) is 7.80. The van der Waals surface area contributed by atoms with E-state index in [2.05, 4.69) is 46.7 Å². The Morgan fingerprint density at radius 3 is 2.25 bits per heavy atom. The van der Waals surface area contributed by atoms with Gasteiger partial charge in [-0.05, 0) is 53.1 Å². The topological polar surface area (TPSA) is 64.7 Å². The van der Waals surface area contributed by atoms with Crippen LogP contribution in [0.25, 0.3) is 10.9 Å². The third-order valence-electron chi connectivity index (χ3n) is 6.14. The number of hydrogen-bond donors (Lipinski definition) is 2. The van der Waals surface area contributed by atoms with Gasteiger partial charge in [-0.2, -0.15) is 0 Å². The second-order valence-electron chi connectivity index (χ2n) is 7.80. The van der Waals surface area contributed by atoms with Crippen LogP contribution in [-0.4, -0.2) is 33.4 Å². The van der Waals surface area contributed by atoms with Crippen LogP contribution in [-0.2, 0) is 6.42 Å². The molecule has 0 bridgehead atoms. The Bertz CT molecular complexity index is 1270. The van der Waals surface area contributed by atoms with Gasteiger partial charge in [0.2, 0.25) is 5.75 Å². The number of fused-ring (bicyclic) bond motifs is 4. The van der Waals surface area contributed by atoms with Crippen molar-refractivity contribution in [2.24, 2.45) is 0 Å². The van der Waals surface area contributed by atoms with E-state index in [-0.39, 0.29) is 6.04 Å². The Morgan fingerprint density at radius 2 is 1.56 bits per heavy atom. The summed E-state index contributed by atoms with van der Waals surface area (Å²) in [5.41, 5.74) is 6.79. The average molecular weight is 431 g/mol. The average Bonchev–Trinajstić information content (AvgIpc) is 3.10. The van der Waals surface area contributed by atoms with E-state index in [4.69, 9.17) is 18.9 Å². The highest BCUT2D eigenvalue weighted by atomic mass is 16.5. The summed E-state index contributed by atoms with van der Waals surface area (Å²) in [7, 11) is 6.58. The summed E-state index contributed by atoms with van der Waals surface area (Å²) in [5, 5.41) is 4.91. The van der Waals surface area contributed by atoms with Gasteiger partial charge in [0.15, 0.2) is 11.5 Å². The van der Waals surface area contributed by atoms with E-state index in [1.54, 1.807) is 28.4 Å². The van der Waals surface area contributed by atoms with Crippen molar-refractivity contribution < 1.29 is 18.9 Å². The van der Waals surface area contributed by atoms with Gasteiger partial charge in [-0.25, -0.2) is 0 Å². The first-order valence-electron chi connectivity index (χ1n) is 10.5. The number of hydrogen-bond acceptors (Lipinski definition) is 5. The highest BCUT2D eigenvalue weighted by molar-refractivity contribution is 5.88. The summed E-state index contributed by atoms with van der Waals surface area (Å²) in [4.78, 5) is 3.66. The van der Waals surface area contributed by atoms with Gasteiger partial charge >= 0.3 is 0 Å². The number of para-hydroxylation sites is 1. The van der Waals surface area contributed by atoms with E-state index >= 15 is 0 Å². The molecule has 0 fully saturated rings. The maximum Gasteiger partial charge on any atom is 0.203 e. The van der Waals surface area contributed by atoms with E-state index in [0.717, 1.165) is 40.0 Å². The number of benzene rings is 3. The minimum Gasteiger partial charge on any atom is -0.497 e. The molecule has 1 aliphatic rings. The van der Waals surface area contributed by atoms with Crippen LogP contribution in [0.4, 0.5) is 5.69 Å². The minimum absolute atomic E-state index is 0.138. The standard InChI is InChI=1S/C26H26N2O4/c1-29-17-9-10-21-18(14-17)19-11-15-7-5-6-8-20(15)27-24(25(19)28-21)16-12-22(30-2)26(32-4)23(13-16)31-3/h5-10,12-14,24,27-28H,11H2,1-4H3. The first-order chi connectivity index (χ1) is 15.7. The molecule has 0 radical (unpaired) electrons. The number of nitrogens with one attached hydrogen (secondary N) is 2. The van der Waals surface area contributed by atoms with Crippen LogP contribution in [0, 0.1) is 0 Å². The molecule has 5 rings (SSSR count). The molecule has 164 valence electrons. The molecule has 1 atom stereocenters. The number of aromatic nitrogens is 1. The Kier molecular flexibility index (Phi) is 5.05. The summed E-state index contributed by atoms with van der Waals surface area (Å²) in [5.74, 6) is 2.67. The third-order valence-corrected chi connectivity index (χ3v) is 6.14. The third kappa shape index (κ3) is 3.19. The molecule has 1 aliphatic heterocycles. The zero-order valence-electron chi connectivity index (χ0n) is 18.6. The highest BCUT2D eigenvalue weighted by Gasteiger charge is 2.28. The quantitative estimate of drug-likeness (QED) is 0.449. The van der Waals surface area contributed by atoms with Crippen molar-refractivity contribution >= 4 is 16.6 Å². The summed E-state index contributed by atoms with van der Waals surface area (Å²) >= 11 is 0. The van der Waals surface area contributed by atoms with Gasteiger partial charge in [0.05, 0.1) is 34.5 Å². The fourth-order valence-electron chi connectivity index (χ4n) is 4.56. The van der Waals surface area contributed by atoms with E-state index in [1.807, 2.05) is 18.2 Å². The molecule has 0 amide bonds. The van der Waals surface area contributed by atoms with Crippen LogP contribution >= 0.6 is 0 Å². The molecule has 0 spiro atoms. The normalized spacial score (nSPS) is 14.7. The zero-order chi connectivity index (χ0) is 22.2. The van der Waals surface area contributed by atoms with Crippen LogP contribution < -0.4 is 24.3 Å². The summed E-state index contributed by atoms with van der Waals surface area (Å²) in [6.07, 6.45) is 0.812. The number of rotatable bonds is 5. The predicted molar refractivity (Wildman–Crippen MR) is 126 cm³/mol. The maximum absolute atomic E-state index is 5.63. The number of aromatic amines is 1. The van der Waals surface area contributed by atoms with Crippen LogP contribution in [0.1, 0.15) is 28.4 Å². The summed E-state index contributed by atoms with van der Waals surface area (Å²) in [6, 6.07) is 18.4. The fourth-order valence-corrected chi connectivity index (χ4v) is 4.56. The monoisotopic (exact) mass is 430 g/mol. The van der Waals surface area contributed by atoms with E-state index in [1.165, 1.54) is 11.1 Å². The molecule has 0 saturated carbocycles. The lowest BCUT2D eigenvalue weighted by molar-refractivity contribution is 0.323. The molecule has 32 heavy (non-hydrogen) atoms. The molecule has 0 saturated heterocycles. The Balaban J connectivity index is 1.76. The minimum atomic E-state index is -0.138. The van der Waals surface area contributed by atoms with Gasteiger partial charge in [-0.15, -0.1) is 0 Å². The van der Waals surface area contributed by atoms with Gasteiger partial charge in [0, 0.05) is 28.7 Å². The molecule has 2 heterocycles. The number of methoxy groups -OCH3 is 4. The number of ether oxygens (including phenoxy) is 4. The molecule has 1 unspecified atom stereocenters. The SMILES string of the molecule is COc1ccc2[nH]c3c(c2c1)Cc1ccccc1NC3c1cc(OC)c(OC)c(OC)c1. The zero-order valence-corrected chi connectivity index (χ0v) is 18.6. The maximum atomic E-state index is 5.63. The predicted octanol–water partition coefficient (Wildman–Crippen LogP) is 5.31. The van der Waals surface area contributed by atoms with Gasteiger partial charge in [-0.1, -0.05) is 18.2 Å². The number of anilines is 1. The Hall–Kier alpha value is -3.80. The van der Waals surface area contributed by atoms with Crippen molar-refractivity contribution in [3.05, 3.63) is 77.0 Å². The lowest BCUT2D eigenvalue weighted by atomic mass is 9.97. The largest absolute Gasteiger partial charge is 0.497 e. The van der Waals surface area contributed by atoms with Gasteiger partial charge in [-0.3, -0.25) is 0 Å². The van der Waals surface area contributed by atoms with Gasteiger partial charge in [0.1, 0.15) is 5.75 Å². The van der Waals surface area contributed by atoms with Gasteiger partial charge < -0.3 is 29.2 Å². The molecular weight excluding hydrogens is 404 g/mol. The lowest BCUT2D eigenvalue weighted by Crippen LogP contribution is -2.13. The van der Waals surface area contributed by atoms with E-state index < -0.39 is 0 Å². The van der Waals surface area contributed by atoms with E-state index in [9.17, 15) is 0 Å². The van der Waals surface area contributed by atoms with Crippen LogP contribution in [0.2, 0.25) is 0 Å². The first kappa shape index (κ1) is 20.1. The fraction of sp³-hybridized carbons (Fsp3) is 0.231. The Labute approximate surface area is 187 Å². The van der Waals surface area contributed by atoms with Crippen molar-refractivity contribution in [3.63, 3.8) is 0 Å². The molecule has 2 N–H and O–H groups in total. The van der Waals surface area contributed by atoms with Crippen molar-refractivity contribution in [1.82, 2.24) is 4.98 Å². The molecule has 6 nitrogen and oxygen atoms in total. The highest BCUT2D eigenvalue weighted by Crippen LogP contribution is 2.44. The molecule has 6 heteroatoms. The number of H-pyrrole nitrogens is 1. The van der Waals surface area contributed by atoms with E-state index in [0.29, 0.717) is 17.2 Å². The lowest BCUT2D eigenvalue weighted by Gasteiger charge is -2.22. The van der Waals surface area contributed by atoms with Crippen LogP contribution in [0.5, 0.6) is 23.0 Å². The first-order valence-corrected chi connectivity index (χ1v) is 10.5. The Morgan fingerprint density at radius 1 is 0.812 bits per heavy atom. The van der Waals surface area contributed by atoms with Crippen LogP contribution in [0.15, 0.2) is 54.6 Å². The molecular formula is C26H26N2O4. The smallest absolute Gasteiger partial charge is 0.203 e. The second kappa shape index (κ2) is 8.04. The van der Waals surface area contributed by atoms with Crippen molar-refractivity contribution in [1.29, 1.82) is 0 Å². The summed E-state index contributed by atoms with van der Waals surface area (Å²) < 4.78 is 22.3. The summed E-state index contributed by atoms with van der Waals surface area (Å²) in [6.45, 7) is 0. The van der Waals surface area contributed by atoms with Crippen molar-refractivity contribution in [2.45, 2.75) is 12.5 Å². The molecule has 3 aromatic carbocycles. The molecule has 4 aromatic rings. The van der Waals surface area contributed by atoms with Crippen molar-refractivity contribution in [3.8, 4) is 23.0 Å². The van der Waals surface area contributed by atoms with Gasteiger partial charge in [0.25, 0.3) is 0 Å². The van der Waals surface area contributed by atoms with Crippen LogP contribution in [0.3, 0.4) is 0 Å². The molecule has 1 aromatic heterocycles.